The summed E-state index contributed by atoms with van der Waals surface area (Å²) in [6.45, 7) is 1.28. The maximum Gasteiger partial charge on any atom is 0.205 e. The lowest BCUT2D eigenvalue weighted by atomic mass is 10.3. The van der Waals surface area contributed by atoms with Crippen LogP contribution in [-0.4, -0.2) is 47.1 Å². The van der Waals surface area contributed by atoms with Gasteiger partial charge in [0.2, 0.25) is 5.95 Å². The molecule has 2 heterocycles. The van der Waals surface area contributed by atoms with E-state index in [1.165, 1.54) is 0 Å². The molecule has 14 heavy (non-hydrogen) atoms. The van der Waals surface area contributed by atoms with Crippen LogP contribution in [0.3, 0.4) is 0 Å². The van der Waals surface area contributed by atoms with E-state index >= 15 is 0 Å². The molecule has 0 amide bonds. The zero-order chi connectivity index (χ0) is 10.1. The van der Waals surface area contributed by atoms with Crippen LogP contribution in [0.4, 0.5) is 5.95 Å². The zero-order valence-corrected chi connectivity index (χ0v) is 8.42. The monoisotopic (exact) mass is 197 g/mol. The van der Waals surface area contributed by atoms with E-state index in [2.05, 4.69) is 4.98 Å². The number of hydrogen-bond acceptors (Lipinski definition) is 4. The quantitative estimate of drug-likeness (QED) is 0.702. The van der Waals surface area contributed by atoms with Gasteiger partial charge in [-0.3, -0.25) is 0 Å². The Morgan fingerprint density at radius 2 is 2.36 bits per heavy atom. The van der Waals surface area contributed by atoms with Crippen molar-refractivity contribution in [3.8, 4) is 0 Å². The molecule has 0 spiro atoms. The first-order valence-electron chi connectivity index (χ1n) is 4.65. The number of aryl methyl sites for hydroxylation is 1. The normalized spacial score (nSPS) is 27.2. The summed E-state index contributed by atoms with van der Waals surface area (Å²) in [4.78, 5) is 6.25. The SMILES string of the molecule is CO[C@@H]1CN(c2nccn2C)C[C@H]1O. The Balaban J connectivity index is 2.12. The van der Waals surface area contributed by atoms with Gasteiger partial charge in [-0.25, -0.2) is 4.98 Å². The summed E-state index contributed by atoms with van der Waals surface area (Å²) in [6, 6.07) is 0. The third kappa shape index (κ3) is 1.49. The molecule has 0 aromatic carbocycles. The number of methoxy groups -OCH3 is 1. The van der Waals surface area contributed by atoms with E-state index < -0.39 is 6.10 Å². The van der Waals surface area contributed by atoms with Crippen LogP contribution in [0.5, 0.6) is 0 Å². The molecule has 0 bridgehead atoms. The van der Waals surface area contributed by atoms with Gasteiger partial charge >= 0.3 is 0 Å². The minimum atomic E-state index is -0.420. The number of aromatic nitrogens is 2. The molecule has 0 unspecified atom stereocenters. The average molecular weight is 197 g/mol. The van der Waals surface area contributed by atoms with Crippen LogP contribution >= 0.6 is 0 Å². The first-order chi connectivity index (χ1) is 6.72. The summed E-state index contributed by atoms with van der Waals surface area (Å²) < 4.78 is 7.10. The van der Waals surface area contributed by atoms with Gasteiger partial charge in [-0.1, -0.05) is 0 Å². The van der Waals surface area contributed by atoms with Crippen molar-refractivity contribution >= 4 is 5.95 Å². The number of β-amino-alcohol motifs (C(OH)–C–C–N with tert-alkyl or cyclic N) is 1. The molecule has 0 radical (unpaired) electrons. The third-order valence-corrected chi connectivity index (χ3v) is 2.62. The summed E-state index contributed by atoms with van der Waals surface area (Å²) in [5, 5.41) is 9.65. The molecule has 1 aliphatic rings. The number of hydrogen-bond donors (Lipinski definition) is 1. The molecule has 0 aliphatic carbocycles. The second-order valence-electron chi connectivity index (χ2n) is 3.58. The van der Waals surface area contributed by atoms with Crippen LogP contribution in [-0.2, 0) is 11.8 Å². The topological polar surface area (TPSA) is 50.5 Å². The van der Waals surface area contributed by atoms with Gasteiger partial charge in [0.1, 0.15) is 6.10 Å². The fourth-order valence-corrected chi connectivity index (χ4v) is 1.81. The fourth-order valence-electron chi connectivity index (χ4n) is 1.81. The van der Waals surface area contributed by atoms with Gasteiger partial charge in [-0.05, 0) is 0 Å². The number of rotatable bonds is 2. The molecular weight excluding hydrogens is 182 g/mol. The molecule has 1 saturated heterocycles. The fraction of sp³-hybridized carbons (Fsp3) is 0.667. The van der Waals surface area contributed by atoms with E-state index in [0.29, 0.717) is 13.1 Å². The summed E-state index contributed by atoms with van der Waals surface area (Å²) in [6.07, 6.45) is 3.12. The second kappa shape index (κ2) is 3.59. The Hall–Kier alpha value is -1.07. The van der Waals surface area contributed by atoms with Crippen molar-refractivity contribution < 1.29 is 9.84 Å². The van der Waals surface area contributed by atoms with Crippen molar-refractivity contribution in [2.75, 3.05) is 25.1 Å². The van der Waals surface area contributed by atoms with Crippen LogP contribution in [0.1, 0.15) is 0 Å². The molecule has 0 saturated carbocycles. The summed E-state index contributed by atoms with van der Waals surface area (Å²) in [7, 11) is 3.56. The predicted molar refractivity (Wildman–Crippen MR) is 52.2 cm³/mol. The first kappa shape index (κ1) is 9.48. The molecule has 2 atom stereocenters. The maximum absolute atomic E-state index is 9.65. The molecule has 1 fully saturated rings. The van der Waals surface area contributed by atoms with E-state index in [4.69, 9.17) is 4.74 Å². The van der Waals surface area contributed by atoms with E-state index in [1.54, 1.807) is 13.3 Å². The zero-order valence-electron chi connectivity index (χ0n) is 8.42. The molecule has 1 N–H and O–H groups in total. The van der Waals surface area contributed by atoms with Crippen LogP contribution in [0.15, 0.2) is 12.4 Å². The van der Waals surface area contributed by atoms with Crippen LogP contribution in [0.25, 0.3) is 0 Å². The highest BCUT2D eigenvalue weighted by molar-refractivity contribution is 5.34. The molecular formula is C9H15N3O2. The van der Waals surface area contributed by atoms with Gasteiger partial charge < -0.3 is 19.3 Å². The number of imidazole rings is 1. The highest BCUT2D eigenvalue weighted by atomic mass is 16.5. The van der Waals surface area contributed by atoms with Crippen LogP contribution < -0.4 is 4.90 Å². The molecule has 5 heteroatoms. The van der Waals surface area contributed by atoms with E-state index in [9.17, 15) is 5.11 Å². The van der Waals surface area contributed by atoms with Crippen molar-refractivity contribution in [1.82, 2.24) is 9.55 Å². The number of aliphatic hydroxyl groups is 1. The Morgan fingerprint density at radius 1 is 1.57 bits per heavy atom. The Labute approximate surface area is 82.9 Å². The van der Waals surface area contributed by atoms with Gasteiger partial charge in [0.15, 0.2) is 0 Å². The summed E-state index contributed by atoms with van der Waals surface area (Å²) >= 11 is 0. The standard InChI is InChI=1S/C9H15N3O2/c1-11-4-3-10-9(11)12-5-7(13)8(6-12)14-2/h3-4,7-8,13H,5-6H2,1-2H3/t7-,8-/m1/s1. The molecule has 78 valence electrons. The smallest absolute Gasteiger partial charge is 0.205 e. The largest absolute Gasteiger partial charge is 0.388 e. The average Bonchev–Trinajstić information content (AvgIpc) is 2.71. The first-order valence-corrected chi connectivity index (χ1v) is 4.65. The predicted octanol–water partition coefficient (Wildman–Crippen LogP) is -0.384. The van der Waals surface area contributed by atoms with Crippen LogP contribution in [0, 0.1) is 0 Å². The Morgan fingerprint density at radius 3 is 2.86 bits per heavy atom. The van der Waals surface area contributed by atoms with Crippen molar-refractivity contribution in [3.05, 3.63) is 12.4 Å². The molecule has 1 aromatic rings. The van der Waals surface area contributed by atoms with E-state index in [1.807, 2.05) is 22.7 Å². The number of ether oxygens (including phenoxy) is 1. The molecule has 5 nitrogen and oxygen atoms in total. The van der Waals surface area contributed by atoms with Crippen LogP contribution in [0.2, 0.25) is 0 Å². The van der Waals surface area contributed by atoms with Crippen molar-refractivity contribution in [2.45, 2.75) is 12.2 Å². The lowest BCUT2D eigenvalue weighted by Crippen LogP contribution is -2.25. The van der Waals surface area contributed by atoms with Crippen molar-refractivity contribution in [3.63, 3.8) is 0 Å². The number of aliphatic hydroxyl groups excluding tert-OH is 1. The summed E-state index contributed by atoms with van der Waals surface area (Å²) in [5.74, 6) is 0.878. The molecule has 1 aromatic heterocycles. The Kier molecular flexibility index (Phi) is 2.43. The highest BCUT2D eigenvalue weighted by Crippen LogP contribution is 2.19. The van der Waals surface area contributed by atoms with Gasteiger partial charge in [-0.15, -0.1) is 0 Å². The minimum Gasteiger partial charge on any atom is -0.388 e. The van der Waals surface area contributed by atoms with E-state index in [0.717, 1.165) is 5.95 Å². The summed E-state index contributed by atoms with van der Waals surface area (Å²) in [5.41, 5.74) is 0. The third-order valence-electron chi connectivity index (χ3n) is 2.62. The molecule has 1 aliphatic heterocycles. The Bertz CT molecular complexity index is 313. The van der Waals surface area contributed by atoms with Gasteiger partial charge in [0.05, 0.1) is 6.10 Å². The van der Waals surface area contributed by atoms with Gasteiger partial charge in [-0.2, -0.15) is 0 Å². The lowest BCUT2D eigenvalue weighted by molar-refractivity contribution is 0.0217. The highest BCUT2D eigenvalue weighted by Gasteiger charge is 2.32. The van der Waals surface area contributed by atoms with Gasteiger partial charge in [0, 0.05) is 39.6 Å². The number of anilines is 1. The second-order valence-corrected chi connectivity index (χ2v) is 3.58. The van der Waals surface area contributed by atoms with E-state index in [-0.39, 0.29) is 6.10 Å². The number of nitrogens with zero attached hydrogens (tertiary/aromatic N) is 3. The minimum absolute atomic E-state index is 0.105. The van der Waals surface area contributed by atoms with Gasteiger partial charge in [0.25, 0.3) is 0 Å². The van der Waals surface area contributed by atoms with Crippen molar-refractivity contribution in [1.29, 1.82) is 0 Å². The molecule has 2 rings (SSSR count). The lowest BCUT2D eigenvalue weighted by Gasteiger charge is -2.16. The van der Waals surface area contributed by atoms with Crippen molar-refractivity contribution in [2.24, 2.45) is 7.05 Å². The maximum atomic E-state index is 9.65.